The maximum atomic E-state index is 13.0. The van der Waals surface area contributed by atoms with Crippen molar-refractivity contribution in [2.45, 2.75) is 64.4 Å². The lowest BCUT2D eigenvalue weighted by Crippen LogP contribution is -2.36. The van der Waals surface area contributed by atoms with Crippen LogP contribution < -0.4 is 16.8 Å². The highest BCUT2D eigenvalue weighted by Gasteiger charge is 2.30. The van der Waals surface area contributed by atoms with E-state index in [1.807, 2.05) is 0 Å². The molecule has 2 amide bonds. The molecule has 1 aliphatic carbocycles. The van der Waals surface area contributed by atoms with Gasteiger partial charge in [0.05, 0.1) is 23.6 Å². The molecule has 38 heavy (non-hydrogen) atoms. The number of ketones is 2. The first-order valence-electron chi connectivity index (χ1n) is 12.2. The van der Waals surface area contributed by atoms with E-state index in [0.29, 0.717) is 18.4 Å². The van der Waals surface area contributed by atoms with Crippen molar-refractivity contribution in [2.24, 2.45) is 17.4 Å². The maximum absolute atomic E-state index is 13.0. The third-order valence-electron chi connectivity index (χ3n) is 6.56. The summed E-state index contributed by atoms with van der Waals surface area (Å²) in [5.41, 5.74) is 11.8. The van der Waals surface area contributed by atoms with Crippen LogP contribution in [0.5, 0.6) is 0 Å². The predicted molar refractivity (Wildman–Crippen MR) is 139 cm³/mol. The summed E-state index contributed by atoms with van der Waals surface area (Å²) in [6.07, 6.45) is 3.99. The lowest BCUT2D eigenvalue weighted by atomic mass is 9.90. The van der Waals surface area contributed by atoms with Gasteiger partial charge < -0.3 is 36.1 Å². The molecule has 6 N–H and O–H groups in total. The summed E-state index contributed by atoms with van der Waals surface area (Å²) in [6.45, 7) is 5.04. The SMILES string of the molecule is COC1/C=C\C=C(/C)C(=O)NC2=CC(=O)C(N)=C(CCCC(OC)[C@H](O)[C@@H](C)/C=C(\C)C1OC(N)=O)C2=O. The number of methoxy groups -OCH3 is 2. The topological polar surface area (TPSA) is 180 Å². The number of hydrogen-bond donors (Lipinski definition) is 4. The Morgan fingerprint density at radius 1 is 1.16 bits per heavy atom. The summed E-state index contributed by atoms with van der Waals surface area (Å²) in [4.78, 5) is 49.8. The molecule has 0 aromatic heterocycles. The van der Waals surface area contributed by atoms with Gasteiger partial charge in [-0.1, -0.05) is 31.2 Å². The molecular formula is C27H37N3O8. The van der Waals surface area contributed by atoms with E-state index in [1.54, 1.807) is 26.0 Å². The van der Waals surface area contributed by atoms with Gasteiger partial charge in [-0.2, -0.15) is 0 Å². The number of allylic oxidation sites excluding steroid dienone is 4. The number of primary amides is 1. The van der Waals surface area contributed by atoms with Gasteiger partial charge in [0.1, 0.15) is 6.10 Å². The molecule has 0 aromatic carbocycles. The highest BCUT2D eigenvalue weighted by atomic mass is 16.6. The van der Waals surface area contributed by atoms with Gasteiger partial charge in [-0.05, 0) is 38.7 Å². The Morgan fingerprint density at radius 3 is 2.45 bits per heavy atom. The van der Waals surface area contributed by atoms with Crippen molar-refractivity contribution in [1.29, 1.82) is 0 Å². The van der Waals surface area contributed by atoms with Gasteiger partial charge in [-0.15, -0.1) is 0 Å². The largest absolute Gasteiger partial charge is 0.439 e. The Hall–Kier alpha value is -3.54. The number of carbonyl (C=O) groups is 4. The van der Waals surface area contributed by atoms with Crippen molar-refractivity contribution in [1.82, 2.24) is 5.32 Å². The van der Waals surface area contributed by atoms with Crippen LogP contribution in [-0.4, -0.2) is 67.3 Å². The number of nitrogens with one attached hydrogen (secondary N) is 1. The lowest BCUT2D eigenvalue weighted by molar-refractivity contribution is -0.120. The monoisotopic (exact) mass is 531 g/mol. The van der Waals surface area contributed by atoms with Crippen molar-refractivity contribution in [3.8, 4) is 0 Å². The number of rotatable bonds is 3. The molecule has 5 atom stereocenters. The van der Waals surface area contributed by atoms with Crippen LogP contribution in [0.15, 0.2) is 58.5 Å². The number of ether oxygens (including phenoxy) is 3. The fourth-order valence-corrected chi connectivity index (χ4v) is 4.36. The van der Waals surface area contributed by atoms with Crippen LogP contribution in [0.3, 0.4) is 0 Å². The Morgan fingerprint density at radius 2 is 1.84 bits per heavy atom. The van der Waals surface area contributed by atoms with Gasteiger partial charge in [-0.25, -0.2) is 4.79 Å². The van der Waals surface area contributed by atoms with Gasteiger partial charge in [-0.3, -0.25) is 14.4 Å². The highest BCUT2D eigenvalue weighted by molar-refractivity contribution is 6.23. The molecule has 2 bridgehead atoms. The normalized spacial score (nSPS) is 31.9. The van der Waals surface area contributed by atoms with Crippen LogP contribution in [0, 0.1) is 5.92 Å². The first-order valence-corrected chi connectivity index (χ1v) is 12.2. The number of amides is 2. The third-order valence-corrected chi connectivity index (χ3v) is 6.56. The number of Topliss-reactive ketones (excluding diaryl/α,β-unsaturated/α-hetero) is 1. The number of hydrogen-bond acceptors (Lipinski definition) is 9. The fourth-order valence-electron chi connectivity index (χ4n) is 4.36. The second kappa shape index (κ2) is 13.8. The minimum absolute atomic E-state index is 0.106. The molecule has 0 radical (unpaired) electrons. The van der Waals surface area contributed by atoms with Crippen LogP contribution in [0.25, 0.3) is 0 Å². The standard InChI is InChI=1S/C27H37N3O8/c1-14-8-6-11-21(37-5)25(38-27(29)35)16(3)12-15(2)23(32)20(36-4)10-7-9-17-22(28)19(31)13-18(24(17)33)30-26(14)34/h6,8,11-13,15,20-21,23,25,32H,7,9-10,28H2,1-5H3,(H2,29,35)(H,30,34)/b11-6-,14-8+,16-12+/t15-,20?,21?,23+,25?/m0/s1. The van der Waals surface area contributed by atoms with Gasteiger partial charge in [0.15, 0.2) is 6.10 Å². The average molecular weight is 532 g/mol. The van der Waals surface area contributed by atoms with Crippen molar-refractivity contribution < 1.29 is 38.5 Å². The average Bonchev–Trinajstić information content (AvgIpc) is 2.86. The van der Waals surface area contributed by atoms with E-state index in [0.717, 1.165) is 6.08 Å². The Kier molecular flexibility index (Phi) is 11.2. The summed E-state index contributed by atoms with van der Waals surface area (Å²) in [7, 11) is 2.89. The molecule has 0 aromatic rings. The molecule has 0 saturated carbocycles. The number of aliphatic hydroxyl groups excluding tert-OH is 1. The predicted octanol–water partition coefficient (Wildman–Crippen LogP) is 1.47. The second-order valence-corrected chi connectivity index (χ2v) is 9.32. The highest BCUT2D eigenvalue weighted by Crippen LogP contribution is 2.25. The van der Waals surface area contributed by atoms with Crippen LogP contribution in [0.2, 0.25) is 0 Å². The van der Waals surface area contributed by atoms with E-state index in [9.17, 15) is 24.3 Å². The van der Waals surface area contributed by atoms with Crippen molar-refractivity contribution in [3.63, 3.8) is 0 Å². The number of fused-ring (bicyclic) bond motifs is 2. The molecule has 3 unspecified atom stereocenters. The van der Waals surface area contributed by atoms with Crippen molar-refractivity contribution in [2.75, 3.05) is 14.2 Å². The van der Waals surface area contributed by atoms with Crippen molar-refractivity contribution >= 4 is 23.6 Å². The molecular weight excluding hydrogens is 494 g/mol. The van der Waals surface area contributed by atoms with Gasteiger partial charge in [0.2, 0.25) is 11.6 Å². The molecule has 2 aliphatic rings. The third kappa shape index (κ3) is 7.73. The number of carbonyl (C=O) groups excluding carboxylic acids is 4. The fraction of sp³-hybridized carbons (Fsp3) is 0.481. The molecule has 1 aliphatic heterocycles. The first kappa shape index (κ1) is 30.7. The quantitative estimate of drug-likeness (QED) is 0.310. The number of aliphatic hydroxyl groups is 1. The first-order chi connectivity index (χ1) is 17.9. The zero-order valence-electron chi connectivity index (χ0n) is 22.4. The maximum Gasteiger partial charge on any atom is 0.405 e. The molecule has 208 valence electrons. The smallest absolute Gasteiger partial charge is 0.405 e. The van der Waals surface area contributed by atoms with Crippen LogP contribution >= 0.6 is 0 Å². The Labute approximate surface area is 222 Å². The molecule has 1 heterocycles. The van der Waals surface area contributed by atoms with Crippen LogP contribution in [0.4, 0.5) is 4.79 Å². The zero-order chi connectivity index (χ0) is 28.6. The van der Waals surface area contributed by atoms with Crippen LogP contribution in [0.1, 0.15) is 40.0 Å². The zero-order valence-corrected chi connectivity index (χ0v) is 22.4. The molecule has 2 rings (SSSR count). The molecule has 0 saturated heterocycles. The molecule has 0 fully saturated rings. The van der Waals surface area contributed by atoms with E-state index < -0.39 is 53.9 Å². The summed E-state index contributed by atoms with van der Waals surface area (Å²) < 4.78 is 16.3. The van der Waals surface area contributed by atoms with E-state index in [1.165, 1.54) is 33.3 Å². The molecule has 11 nitrogen and oxygen atoms in total. The lowest BCUT2D eigenvalue weighted by Gasteiger charge is -2.28. The number of nitrogens with two attached hydrogens (primary N) is 2. The summed E-state index contributed by atoms with van der Waals surface area (Å²) in [5.74, 6) is -2.12. The van der Waals surface area contributed by atoms with E-state index in [4.69, 9.17) is 25.7 Å². The van der Waals surface area contributed by atoms with E-state index in [2.05, 4.69) is 5.32 Å². The summed E-state index contributed by atoms with van der Waals surface area (Å²) in [6, 6.07) is 0. The Balaban J connectivity index is 2.52. The molecule has 11 heteroatoms. The van der Waals surface area contributed by atoms with Gasteiger partial charge in [0.25, 0.3) is 5.91 Å². The van der Waals surface area contributed by atoms with E-state index >= 15 is 0 Å². The minimum atomic E-state index is -1.00. The summed E-state index contributed by atoms with van der Waals surface area (Å²) >= 11 is 0. The van der Waals surface area contributed by atoms with E-state index in [-0.39, 0.29) is 29.0 Å². The van der Waals surface area contributed by atoms with Gasteiger partial charge >= 0.3 is 6.09 Å². The minimum Gasteiger partial charge on any atom is -0.439 e. The van der Waals surface area contributed by atoms with Gasteiger partial charge in [0, 0.05) is 37.4 Å². The Bertz CT molecular complexity index is 1100. The van der Waals surface area contributed by atoms with Crippen LogP contribution in [-0.2, 0) is 28.6 Å². The summed E-state index contributed by atoms with van der Waals surface area (Å²) in [5, 5.41) is 13.5. The molecule has 0 spiro atoms. The van der Waals surface area contributed by atoms with Crippen molar-refractivity contribution in [3.05, 3.63) is 58.5 Å². The second-order valence-electron chi connectivity index (χ2n) is 9.32.